The molecule has 0 spiro atoms. The van der Waals surface area contributed by atoms with E-state index in [0.29, 0.717) is 6.04 Å². The topological polar surface area (TPSA) is 51.9 Å². The third-order valence-electron chi connectivity index (χ3n) is 5.15. The first-order valence-electron chi connectivity index (χ1n) is 9.27. The van der Waals surface area contributed by atoms with Gasteiger partial charge in [-0.25, -0.2) is 0 Å². The molecule has 26 heavy (non-hydrogen) atoms. The van der Waals surface area contributed by atoms with Crippen molar-refractivity contribution >= 4 is 29.9 Å². The number of halogens is 1. The lowest BCUT2D eigenvalue weighted by Crippen LogP contribution is -2.47. The van der Waals surface area contributed by atoms with E-state index in [9.17, 15) is 0 Å². The zero-order valence-electron chi connectivity index (χ0n) is 17.1. The molecule has 0 aromatic carbocycles. The summed E-state index contributed by atoms with van der Waals surface area (Å²) in [5, 5.41) is 7.85. The second-order valence-electron chi connectivity index (χ2n) is 7.16. The number of likely N-dealkylation sites (N-methyl/N-ethyl adjacent to an activating group) is 3. The largest absolute Gasteiger partial charge is 0.354 e. The highest BCUT2D eigenvalue weighted by Crippen LogP contribution is 2.18. The number of aryl methyl sites for hydroxylation is 1. The van der Waals surface area contributed by atoms with Crippen LogP contribution in [-0.2, 0) is 7.05 Å². The van der Waals surface area contributed by atoms with Crippen LogP contribution in [0.2, 0.25) is 0 Å². The van der Waals surface area contributed by atoms with Gasteiger partial charge in [0.25, 0.3) is 0 Å². The van der Waals surface area contributed by atoms with Crippen molar-refractivity contribution in [1.29, 1.82) is 0 Å². The second-order valence-corrected chi connectivity index (χ2v) is 7.16. The normalized spacial score (nSPS) is 19.5. The molecular formula is C18H36IN7. The number of hydrogen-bond donors (Lipinski definition) is 1. The van der Waals surface area contributed by atoms with E-state index in [2.05, 4.69) is 64.4 Å². The molecule has 0 radical (unpaired) electrons. The van der Waals surface area contributed by atoms with Crippen molar-refractivity contribution in [2.75, 3.05) is 54.4 Å². The molecule has 150 valence electrons. The fourth-order valence-electron chi connectivity index (χ4n) is 3.70. The predicted octanol–water partition coefficient (Wildman–Crippen LogP) is 1.63. The lowest BCUT2D eigenvalue weighted by molar-refractivity contribution is 0.231. The number of nitrogens with zero attached hydrogens (tertiary/aromatic N) is 6. The van der Waals surface area contributed by atoms with Crippen LogP contribution in [0, 0.1) is 0 Å². The van der Waals surface area contributed by atoms with Crippen LogP contribution >= 0.6 is 24.0 Å². The van der Waals surface area contributed by atoms with E-state index in [-0.39, 0.29) is 30.0 Å². The van der Waals surface area contributed by atoms with Gasteiger partial charge in [0.1, 0.15) is 0 Å². The maximum absolute atomic E-state index is 4.48. The predicted molar refractivity (Wildman–Crippen MR) is 119 cm³/mol. The Kier molecular flexibility index (Phi) is 9.88. The van der Waals surface area contributed by atoms with E-state index in [0.717, 1.165) is 25.6 Å². The van der Waals surface area contributed by atoms with E-state index in [1.807, 2.05) is 25.0 Å². The average molecular weight is 477 g/mol. The van der Waals surface area contributed by atoms with Crippen molar-refractivity contribution in [3.8, 4) is 0 Å². The summed E-state index contributed by atoms with van der Waals surface area (Å²) in [4.78, 5) is 11.5. The van der Waals surface area contributed by atoms with Gasteiger partial charge in [0.2, 0.25) is 0 Å². The summed E-state index contributed by atoms with van der Waals surface area (Å²) in [6.45, 7) is 6.44. The van der Waals surface area contributed by atoms with Gasteiger partial charge in [0.15, 0.2) is 5.96 Å². The number of likely N-dealkylation sites (tertiary alicyclic amines) is 1. The lowest BCUT2D eigenvalue weighted by Gasteiger charge is -2.31. The number of hydrogen-bond acceptors (Lipinski definition) is 4. The van der Waals surface area contributed by atoms with Gasteiger partial charge in [0.05, 0.1) is 12.2 Å². The van der Waals surface area contributed by atoms with Gasteiger partial charge in [-0.15, -0.1) is 24.0 Å². The van der Waals surface area contributed by atoms with Gasteiger partial charge in [-0.1, -0.05) is 6.92 Å². The molecule has 1 fully saturated rings. The average Bonchev–Trinajstić information content (AvgIpc) is 3.19. The van der Waals surface area contributed by atoms with Crippen LogP contribution in [0.4, 0.5) is 0 Å². The maximum Gasteiger partial charge on any atom is 0.193 e. The van der Waals surface area contributed by atoms with Crippen molar-refractivity contribution < 1.29 is 0 Å². The Hall–Kier alpha value is -0.870. The second kappa shape index (κ2) is 11.1. The van der Waals surface area contributed by atoms with E-state index in [1.165, 1.54) is 24.9 Å². The highest BCUT2D eigenvalue weighted by molar-refractivity contribution is 14.0. The summed E-state index contributed by atoms with van der Waals surface area (Å²) in [7, 11) is 10.2. The zero-order valence-corrected chi connectivity index (χ0v) is 19.5. The third kappa shape index (κ3) is 6.09. The molecule has 2 atom stereocenters. The number of guanidine groups is 1. The first-order valence-corrected chi connectivity index (χ1v) is 9.27. The number of aromatic nitrogens is 2. The van der Waals surface area contributed by atoms with Crippen molar-refractivity contribution in [3.05, 3.63) is 18.0 Å². The van der Waals surface area contributed by atoms with Gasteiger partial charge < -0.3 is 15.1 Å². The highest BCUT2D eigenvalue weighted by atomic mass is 127. The van der Waals surface area contributed by atoms with Crippen LogP contribution in [-0.4, -0.2) is 90.9 Å². The zero-order chi connectivity index (χ0) is 18.4. The Morgan fingerprint density at radius 2 is 2.15 bits per heavy atom. The van der Waals surface area contributed by atoms with Crippen LogP contribution in [0.15, 0.2) is 17.4 Å². The van der Waals surface area contributed by atoms with Gasteiger partial charge in [0, 0.05) is 52.0 Å². The summed E-state index contributed by atoms with van der Waals surface area (Å²) in [5.41, 5.74) is 1.21. The van der Waals surface area contributed by atoms with Crippen LogP contribution in [0.1, 0.15) is 31.4 Å². The molecule has 0 amide bonds. The Labute approximate surface area is 175 Å². The van der Waals surface area contributed by atoms with E-state index in [1.54, 1.807) is 0 Å². The molecule has 1 aromatic heterocycles. The number of rotatable bonds is 7. The van der Waals surface area contributed by atoms with Crippen LogP contribution in [0.5, 0.6) is 0 Å². The smallest absolute Gasteiger partial charge is 0.193 e. The molecule has 2 rings (SSSR count). The SMILES string of the molecule is CCN1CCCC1CN(C)C(=NC)NCC(c1cnn(C)c1)N(C)C.I. The highest BCUT2D eigenvalue weighted by Gasteiger charge is 2.25. The molecule has 1 aliphatic heterocycles. The molecule has 2 heterocycles. The summed E-state index contributed by atoms with van der Waals surface area (Å²) >= 11 is 0. The molecule has 0 aliphatic carbocycles. The van der Waals surface area contributed by atoms with E-state index in [4.69, 9.17) is 0 Å². The number of aliphatic imine (C=N–C) groups is 1. The summed E-state index contributed by atoms with van der Waals surface area (Å²) in [5.74, 6) is 0.957. The molecular weight excluding hydrogens is 441 g/mol. The van der Waals surface area contributed by atoms with Crippen LogP contribution < -0.4 is 5.32 Å². The molecule has 0 bridgehead atoms. The molecule has 7 nitrogen and oxygen atoms in total. The first-order chi connectivity index (χ1) is 12.0. The lowest BCUT2D eigenvalue weighted by atomic mass is 10.1. The maximum atomic E-state index is 4.48. The van der Waals surface area contributed by atoms with Gasteiger partial charge in [-0.05, 0) is 40.0 Å². The van der Waals surface area contributed by atoms with Gasteiger partial charge >= 0.3 is 0 Å². The molecule has 1 aliphatic rings. The van der Waals surface area contributed by atoms with Crippen molar-refractivity contribution in [2.45, 2.75) is 31.8 Å². The Bertz CT molecular complexity index is 557. The monoisotopic (exact) mass is 477 g/mol. The summed E-state index contributed by atoms with van der Waals surface area (Å²) in [6.07, 6.45) is 6.61. The van der Waals surface area contributed by atoms with Crippen molar-refractivity contribution in [3.63, 3.8) is 0 Å². The fourth-order valence-corrected chi connectivity index (χ4v) is 3.70. The standard InChI is InChI=1S/C18H35N7.HI/c1-7-25-10-8-9-16(25)14-23(5)18(19-2)20-12-17(22(3)4)15-11-21-24(6)13-15;/h11,13,16-17H,7-10,12,14H2,1-6H3,(H,19,20);1H. The molecule has 2 unspecified atom stereocenters. The van der Waals surface area contributed by atoms with Crippen molar-refractivity contribution in [1.82, 2.24) is 29.8 Å². The Morgan fingerprint density at radius 3 is 2.69 bits per heavy atom. The molecule has 1 aromatic rings. The number of nitrogens with one attached hydrogen (secondary N) is 1. The van der Waals surface area contributed by atoms with Crippen LogP contribution in [0.25, 0.3) is 0 Å². The minimum Gasteiger partial charge on any atom is -0.354 e. The van der Waals surface area contributed by atoms with Gasteiger partial charge in [-0.2, -0.15) is 5.10 Å². The quantitative estimate of drug-likeness (QED) is 0.368. The third-order valence-corrected chi connectivity index (χ3v) is 5.15. The van der Waals surface area contributed by atoms with Crippen molar-refractivity contribution in [2.24, 2.45) is 12.0 Å². The Balaban J connectivity index is 0.00000338. The minimum absolute atomic E-state index is 0. The summed E-state index contributed by atoms with van der Waals surface area (Å²) in [6, 6.07) is 0.897. The molecule has 1 saturated heterocycles. The van der Waals surface area contributed by atoms with Crippen LogP contribution in [0.3, 0.4) is 0 Å². The minimum atomic E-state index is 0. The molecule has 8 heteroatoms. The molecule has 0 saturated carbocycles. The Morgan fingerprint density at radius 1 is 1.42 bits per heavy atom. The van der Waals surface area contributed by atoms with E-state index >= 15 is 0 Å². The van der Waals surface area contributed by atoms with E-state index < -0.39 is 0 Å². The van der Waals surface area contributed by atoms with Gasteiger partial charge in [-0.3, -0.25) is 14.6 Å². The first kappa shape index (κ1) is 23.2. The molecule has 1 N–H and O–H groups in total. The summed E-state index contributed by atoms with van der Waals surface area (Å²) < 4.78 is 1.85. The fraction of sp³-hybridized carbons (Fsp3) is 0.778.